The molecule has 0 amide bonds. The number of thioether (sulfide) groups is 1. The second-order valence-electron chi connectivity index (χ2n) is 4.96. The van der Waals surface area contributed by atoms with Crippen molar-refractivity contribution >= 4 is 11.8 Å². The minimum absolute atomic E-state index is 0.0396. The van der Waals surface area contributed by atoms with Gasteiger partial charge in [-0.1, -0.05) is 6.92 Å². The summed E-state index contributed by atoms with van der Waals surface area (Å²) in [5.74, 6) is 4.21. The van der Waals surface area contributed by atoms with E-state index in [2.05, 4.69) is 30.9 Å². The van der Waals surface area contributed by atoms with E-state index in [0.29, 0.717) is 5.92 Å². The third-order valence-corrected chi connectivity index (χ3v) is 4.44. The van der Waals surface area contributed by atoms with E-state index in [1.165, 1.54) is 24.3 Å². The van der Waals surface area contributed by atoms with Gasteiger partial charge < -0.3 is 4.74 Å². The lowest BCUT2D eigenvalue weighted by molar-refractivity contribution is -0.111. The molecule has 2 heterocycles. The molecular formula is C11H21NOS. The van der Waals surface area contributed by atoms with Gasteiger partial charge in [0.15, 0.2) is 0 Å². The summed E-state index contributed by atoms with van der Waals surface area (Å²) in [6.07, 6.45) is 2.56. The number of hydrogen-bond acceptors (Lipinski definition) is 3. The fraction of sp³-hybridized carbons (Fsp3) is 1.00. The zero-order valence-electron chi connectivity index (χ0n) is 9.21. The van der Waals surface area contributed by atoms with Crippen molar-refractivity contribution < 1.29 is 4.74 Å². The molecule has 0 spiro atoms. The molecule has 0 aliphatic carbocycles. The van der Waals surface area contributed by atoms with Gasteiger partial charge in [-0.3, -0.25) is 5.32 Å². The molecule has 0 aromatic heterocycles. The van der Waals surface area contributed by atoms with Crippen LogP contribution in [0.4, 0.5) is 0 Å². The van der Waals surface area contributed by atoms with Gasteiger partial charge in [0.1, 0.15) is 5.72 Å². The number of nitrogens with one attached hydrogen (secondary N) is 1. The highest BCUT2D eigenvalue weighted by Gasteiger charge is 2.33. The van der Waals surface area contributed by atoms with E-state index in [4.69, 9.17) is 4.74 Å². The molecule has 3 heteroatoms. The van der Waals surface area contributed by atoms with Crippen molar-refractivity contribution in [3.63, 3.8) is 0 Å². The summed E-state index contributed by atoms with van der Waals surface area (Å²) < 4.78 is 5.92. The highest BCUT2D eigenvalue weighted by atomic mass is 32.2. The largest absolute Gasteiger partial charge is 0.361 e. The van der Waals surface area contributed by atoms with Crippen LogP contribution in [-0.2, 0) is 4.74 Å². The molecular weight excluding hydrogens is 194 g/mol. The van der Waals surface area contributed by atoms with Crippen LogP contribution in [0.2, 0.25) is 0 Å². The highest BCUT2D eigenvalue weighted by Crippen LogP contribution is 2.32. The van der Waals surface area contributed by atoms with Gasteiger partial charge in [0.05, 0.1) is 6.61 Å². The maximum atomic E-state index is 5.92. The molecule has 82 valence electrons. The molecule has 2 rings (SSSR count). The summed E-state index contributed by atoms with van der Waals surface area (Å²) in [5.41, 5.74) is -0.0396. The first-order valence-corrected chi connectivity index (χ1v) is 6.80. The van der Waals surface area contributed by atoms with E-state index in [1.54, 1.807) is 0 Å². The Kier molecular flexibility index (Phi) is 3.40. The summed E-state index contributed by atoms with van der Waals surface area (Å²) in [6.45, 7) is 6.47. The zero-order valence-corrected chi connectivity index (χ0v) is 10.0. The SMILES string of the molecule is CC1CNC(C)(CC2CCSC2)OC1. The van der Waals surface area contributed by atoms with E-state index >= 15 is 0 Å². The van der Waals surface area contributed by atoms with Gasteiger partial charge >= 0.3 is 0 Å². The normalized spacial score (nSPS) is 44.1. The number of hydrogen-bond donors (Lipinski definition) is 1. The lowest BCUT2D eigenvalue weighted by Crippen LogP contribution is -2.53. The Bertz CT molecular complexity index is 184. The fourth-order valence-electron chi connectivity index (χ4n) is 2.25. The van der Waals surface area contributed by atoms with Crippen molar-refractivity contribution in [3.8, 4) is 0 Å². The van der Waals surface area contributed by atoms with Crippen molar-refractivity contribution in [1.82, 2.24) is 5.32 Å². The van der Waals surface area contributed by atoms with Crippen LogP contribution in [0.3, 0.4) is 0 Å². The third-order valence-electron chi connectivity index (χ3n) is 3.21. The Morgan fingerprint density at radius 3 is 3.00 bits per heavy atom. The van der Waals surface area contributed by atoms with Gasteiger partial charge in [-0.25, -0.2) is 0 Å². The monoisotopic (exact) mass is 215 g/mol. The van der Waals surface area contributed by atoms with Gasteiger partial charge in [-0.15, -0.1) is 0 Å². The molecule has 2 nitrogen and oxygen atoms in total. The maximum absolute atomic E-state index is 5.92. The molecule has 3 atom stereocenters. The summed E-state index contributed by atoms with van der Waals surface area (Å²) in [4.78, 5) is 0. The average Bonchev–Trinajstić information content (AvgIpc) is 2.63. The highest BCUT2D eigenvalue weighted by molar-refractivity contribution is 7.99. The first-order valence-electron chi connectivity index (χ1n) is 5.65. The zero-order chi connectivity index (χ0) is 10.0. The summed E-state index contributed by atoms with van der Waals surface area (Å²) in [6, 6.07) is 0. The Morgan fingerprint density at radius 1 is 1.57 bits per heavy atom. The van der Waals surface area contributed by atoms with Gasteiger partial charge in [-0.05, 0) is 43.1 Å². The van der Waals surface area contributed by atoms with Crippen molar-refractivity contribution in [2.45, 2.75) is 32.4 Å². The summed E-state index contributed by atoms with van der Waals surface area (Å²) in [5, 5.41) is 3.54. The minimum atomic E-state index is -0.0396. The van der Waals surface area contributed by atoms with Crippen LogP contribution in [-0.4, -0.2) is 30.4 Å². The smallest absolute Gasteiger partial charge is 0.116 e. The predicted molar refractivity (Wildman–Crippen MR) is 61.6 cm³/mol. The molecule has 1 N–H and O–H groups in total. The van der Waals surface area contributed by atoms with Gasteiger partial charge in [0.25, 0.3) is 0 Å². The van der Waals surface area contributed by atoms with Crippen molar-refractivity contribution in [2.75, 3.05) is 24.7 Å². The standard InChI is InChI=1S/C11H21NOS/c1-9-6-12-11(2,13-7-9)5-10-3-4-14-8-10/h9-10,12H,3-8H2,1-2H3. The summed E-state index contributed by atoms with van der Waals surface area (Å²) in [7, 11) is 0. The first kappa shape index (κ1) is 10.8. The topological polar surface area (TPSA) is 21.3 Å². The van der Waals surface area contributed by atoms with Crippen molar-refractivity contribution in [3.05, 3.63) is 0 Å². The molecule has 0 aromatic rings. The minimum Gasteiger partial charge on any atom is -0.361 e. The van der Waals surface area contributed by atoms with Crippen LogP contribution >= 0.6 is 11.8 Å². The molecule has 0 radical (unpaired) electrons. The lowest BCUT2D eigenvalue weighted by Gasteiger charge is -2.39. The van der Waals surface area contributed by atoms with E-state index in [1.807, 2.05) is 0 Å². The van der Waals surface area contributed by atoms with Crippen LogP contribution in [0.1, 0.15) is 26.7 Å². The average molecular weight is 215 g/mol. The maximum Gasteiger partial charge on any atom is 0.116 e. The molecule has 2 aliphatic rings. The number of ether oxygens (including phenoxy) is 1. The third kappa shape index (κ3) is 2.65. The first-order chi connectivity index (χ1) is 6.68. The van der Waals surface area contributed by atoms with Crippen LogP contribution in [0, 0.1) is 11.8 Å². The fourth-order valence-corrected chi connectivity index (χ4v) is 3.54. The van der Waals surface area contributed by atoms with E-state index in [9.17, 15) is 0 Å². The van der Waals surface area contributed by atoms with Crippen LogP contribution in [0.25, 0.3) is 0 Å². The van der Waals surface area contributed by atoms with Gasteiger partial charge in [0, 0.05) is 6.54 Å². The molecule has 2 fully saturated rings. The summed E-state index contributed by atoms with van der Waals surface area (Å²) >= 11 is 2.09. The van der Waals surface area contributed by atoms with Gasteiger partial charge in [-0.2, -0.15) is 11.8 Å². The van der Waals surface area contributed by atoms with Crippen molar-refractivity contribution in [1.29, 1.82) is 0 Å². The van der Waals surface area contributed by atoms with E-state index in [0.717, 1.165) is 19.1 Å². The second-order valence-corrected chi connectivity index (χ2v) is 6.11. The molecule has 0 saturated carbocycles. The van der Waals surface area contributed by atoms with Gasteiger partial charge in [0.2, 0.25) is 0 Å². The molecule has 2 aliphatic heterocycles. The molecule has 0 aromatic carbocycles. The Morgan fingerprint density at radius 2 is 2.43 bits per heavy atom. The van der Waals surface area contributed by atoms with E-state index in [-0.39, 0.29) is 5.72 Å². The molecule has 14 heavy (non-hydrogen) atoms. The Labute approximate surface area is 91.2 Å². The second kappa shape index (κ2) is 4.42. The van der Waals surface area contributed by atoms with Crippen LogP contribution < -0.4 is 5.32 Å². The molecule has 3 unspecified atom stereocenters. The van der Waals surface area contributed by atoms with Crippen LogP contribution in [0.5, 0.6) is 0 Å². The Hall–Kier alpha value is 0.270. The lowest BCUT2D eigenvalue weighted by atomic mass is 9.95. The Balaban J connectivity index is 1.82. The quantitative estimate of drug-likeness (QED) is 0.762. The molecule has 0 bridgehead atoms. The van der Waals surface area contributed by atoms with Crippen molar-refractivity contribution in [2.24, 2.45) is 11.8 Å². The number of rotatable bonds is 2. The van der Waals surface area contributed by atoms with Crippen LogP contribution in [0.15, 0.2) is 0 Å². The van der Waals surface area contributed by atoms with E-state index < -0.39 is 0 Å². The predicted octanol–water partition coefficient (Wildman–Crippen LogP) is 2.10. The molecule has 2 saturated heterocycles.